The van der Waals surface area contributed by atoms with E-state index in [1.54, 1.807) is 25.1 Å². The van der Waals surface area contributed by atoms with Gasteiger partial charge >= 0.3 is 11.9 Å². The van der Waals surface area contributed by atoms with Crippen LogP contribution in [0.5, 0.6) is 11.5 Å². The van der Waals surface area contributed by atoms with Crippen LogP contribution in [0.3, 0.4) is 0 Å². The summed E-state index contributed by atoms with van der Waals surface area (Å²) >= 11 is 0. The molecule has 0 bridgehead atoms. The van der Waals surface area contributed by atoms with Crippen molar-refractivity contribution in [3.63, 3.8) is 0 Å². The van der Waals surface area contributed by atoms with Crippen molar-refractivity contribution in [1.29, 1.82) is 5.26 Å². The van der Waals surface area contributed by atoms with E-state index in [4.69, 9.17) is 14.7 Å². The van der Waals surface area contributed by atoms with Gasteiger partial charge < -0.3 is 9.47 Å². The van der Waals surface area contributed by atoms with Crippen LogP contribution in [0.25, 0.3) is 11.0 Å². The molecule has 3 rings (SSSR count). The molecule has 0 radical (unpaired) electrons. The number of alkyl halides is 3. The zero-order valence-corrected chi connectivity index (χ0v) is 19.4. The third-order valence-corrected chi connectivity index (χ3v) is 6.08. The van der Waals surface area contributed by atoms with E-state index in [9.17, 15) is 26.4 Å². The molecule has 0 unspecified atom stereocenters. The quantitative estimate of drug-likeness (QED) is 0.473. The maximum absolute atomic E-state index is 13.3. The lowest BCUT2D eigenvalue weighted by molar-refractivity contribution is -0.137. The average molecular weight is 497 g/mol. The molecule has 1 heterocycles. The molecule has 1 atom stereocenters. The Kier molecular flexibility index (Phi) is 6.97. The second-order valence-electron chi connectivity index (χ2n) is 7.55. The summed E-state index contributed by atoms with van der Waals surface area (Å²) in [7, 11) is -2.23. The molecule has 0 aliphatic carbocycles. The van der Waals surface area contributed by atoms with Gasteiger partial charge in [-0.1, -0.05) is 6.07 Å². The molecule has 34 heavy (non-hydrogen) atoms. The SMILES string of the molecule is CCOc1cc([C@H](CS(C)(=O)=O)n2c(=O)n(CC#N)c3cc(C(F)(F)F)ccc32)ccc1OC. The highest BCUT2D eigenvalue weighted by molar-refractivity contribution is 7.90. The van der Waals surface area contributed by atoms with Gasteiger partial charge in [0.15, 0.2) is 11.5 Å². The van der Waals surface area contributed by atoms with Crippen molar-refractivity contribution < 1.29 is 31.1 Å². The fourth-order valence-corrected chi connectivity index (χ4v) is 4.67. The van der Waals surface area contributed by atoms with Crippen molar-refractivity contribution in [1.82, 2.24) is 9.13 Å². The molecule has 0 saturated carbocycles. The summed E-state index contributed by atoms with van der Waals surface area (Å²) in [6.45, 7) is 1.53. The molecule has 0 spiro atoms. The average Bonchev–Trinajstić information content (AvgIpc) is 3.02. The van der Waals surface area contributed by atoms with Gasteiger partial charge in [0.1, 0.15) is 16.4 Å². The number of methoxy groups -OCH3 is 1. The predicted octanol–water partition coefficient (Wildman–Crippen LogP) is 3.39. The molecule has 8 nitrogen and oxygen atoms in total. The Morgan fingerprint density at radius 1 is 1.12 bits per heavy atom. The van der Waals surface area contributed by atoms with Crippen molar-refractivity contribution >= 4 is 20.9 Å². The Hall–Kier alpha value is -3.46. The summed E-state index contributed by atoms with van der Waals surface area (Å²) in [5, 5.41) is 9.17. The van der Waals surface area contributed by atoms with Crippen molar-refractivity contribution in [2.45, 2.75) is 25.7 Å². The van der Waals surface area contributed by atoms with Crippen LogP contribution in [0.15, 0.2) is 41.2 Å². The van der Waals surface area contributed by atoms with Crippen LogP contribution >= 0.6 is 0 Å². The van der Waals surface area contributed by atoms with E-state index in [0.717, 1.165) is 33.6 Å². The molecule has 2 aromatic carbocycles. The third kappa shape index (κ3) is 5.04. The first-order valence-corrected chi connectivity index (χ1v) is 12.1. The molecule has 0 aliphatic heterocycles. The fraction of sp³-hybridized carbons (Fsp3) is 0.364. The Morgan fingerprint density at radius 2 is 1.82 bits per heavy atom. The molecular formula is C22H22F3N3O5S. The number of hydrogen-bond donors (Lipinski definition) is 0. The predicted molar refractivity (Wildman–Crippen MR) is 119 cm³/mol. The molecular weight excluding hydrogens is 475 g/mol. The molecule has 1 aromatic heterocycles. The summed E-state index contributed by atoms with van der Waals surface area (Å²) in [6.07, 6.45) is -3.67. The molecule has 182 valence electrons. The Balaban J connectivity index is 2.35. The number of sulfone groups is 1. The number of ether oxygens (including phenoxy) is 2. The standard InChI is InChI=1S/C22H22F3N3O5S/c1-4-33-20-11-14(5-8-19(20)32-2)18(13-34(3,30)31)28-16-7-6-15(22(23,24)25)12-17(16)27(10-9-26)21(28)29/h5-8,11-12,18H,4,10,13H2,1-3H3/t18-/m0/s1. The first kappa shape index (κ1) is 25.2. The summed E-state index contributed by atoms with van der Waals surface area (Å²) < 4.78 is 77.4. The van der Waals surface area contributed by atoms with E-state index in [1.807, 2.05) is 0 Å². The lowest BCUT2D eigenvalue weighted by atomic mass is 10.1. The van der Waals surface area contributed by atoms with E-state index >= 15 is 0 Å². The van der Waals surface area contributed by atoms with E-state index in [-0.39, 0.29) is 17.6 Å². The lowest BCUT2D eigenvalue weighted by Crippen LogP contribution is -2.31. The lowest BCUT2D eigenvalue weighted by Gasteiger charge is -2.20. The van der Waals surface area contributed by atoms with Crippen molar-refractivity contribution in [2.75, 3.05) is 25.7 Å². The Labute approximate surface area is 193 Å². The van der Waals surface area contributed by atoms with Crippen LogP contribution in [0, 0.1) is 11.3 Å². The first-order valence-electron chi connectivity index (χ1n) is 10.1. The van der Waals surface area contributed by atoms with Crippen molar-refractivity contribution in [3.05, 3.63) is 58.0 Å². The van der Waals surface area contributed by atoms with Crippen LogP contribution in [0.2, 0.25) is 0 Å². The number of aromatic nitrogens is 2. The van der Waals surface area contributed by atoms with Gasteiger partial charge in [0.2, 0.25) is 0 Å². The summed E-state index contributed by atoms with van der Waals surface area (Å²) in [6, 6.07) is 8.00. The number of nitriles is 1. The van der Waals surface area contributed by atoms with Gasteiger partial charge in [-0.25, -0.2) is 13.2 Å². The van der Waals surface area contributed by atoms with Crippen LogP contribution in [-0.2, 0) is 22.6 Å². The minimum atomic E-state index is -4.67. The number of fused-ring (bicyclic) bond motifs is 1. The van der Waals surface area contributed by atoms with Gasteiger partial charge in [0, 0.05) is 6.26 Å². The van der Waals surface area contributed by atoms with E-state index in [1.165, 1.54) is 13.2 Å². The largest absolute Gasteiger partial charge is 0.493 e. The highest BCUT2D eigenvalue weighted by Gasteiger charge is 2.33. The van der Waals surface area contributed by atoms with E-state index < -0.39 is 45.6 Å². The topological polar surface area (TPSA) is 103 Å². The Morgan fingerprint density at radius 3 is 2.38 bits per heavy atom. The van der Waals surface area contributed by atoms with Crippen LogP contribution < -0.4 is 15.2 Å². The maximum atomic E-state index is 13.3. The maximum Gasteiger partial charge on any atom is 0.416 e. The van der Waals surface area contributed by atoms with E-state index in [0.29, 0.717) is 17.1 Å². The minimum Gasteiger partial charge on any atom is -0.493 e. The number of imidazole rings is 1. The van der Waals surface area contributed by atoms with Gasteiger partial charge in [0.25, 0.3) is 0 Å². The number of nitrogens with zero attached hydrogens (tertiary/aromatic N) is 3. The van der Waals surface area contributed by atoms with Gasteiger partial charge in [-0.2, -0.15) is 18.4 Å². The fourth-order valence-electron chi connectivity index (χ4n) is 3.76. The second kappa shape index (κ2) is 9.42. The Bertz CT molecular complexity index is 1420. The molecule has 0 aliphatic rings. The number of benzene rings is 2. The number of rotatable bonds is 8. The van der Waals surface area contributed by atoms with Crippen molar-refractivity contribution in [3.8, 4) is 17.6 Å². The smallest absolute Gasteiger partial charge is 0.416 e. The molecule has 0 fully saturated rings. The highest BCUT2D eigenvalue weighted by atomic mass is 32.2. The normalized spacial score (nSPS) is 13.0. The molecule has 12 heteroatoms. The van der Waals surface area contributed by atoms with Crippen LogP contribution in [0.1, 0.15) is 24.1 Å². The van der Waals surface area contributed by atoms with Crippen molar-refractivity contribution in [2.24, 2.45) is 0 Å². The summed E-state index contributed by atoms with van der Waals surface area (Å²) in [5.74, 6) is 0.185. The van der Waals surface area contributed by atoms with Gasteiger partial charge in [-0.05, 0) is 42.8 Å². The van der Waals surface area contributed by atoms with Gasteiger partial charge in [0.05, 0.1) is 48.2 Å². The van der Waals surface area contributed by atoms with Gasteiger partial charge in [-0.3, -0.25) is 9.13 Å². The molecule has 0 saturated heterocycles. The number of hydrogen-bond acceptors (Lipinski definition) is 6. The summed E-state index contributed by atoms with van der Waals surface area (Å²) in [5.41, 5.74) is -1.49. The molecule has 0 amide bonds. The van der Waals surface area contributed by atoms with E-state index in [2.05, 4.69) is 0 Å². The minimum absolute atomic E-state index is 0.0654. The van der Waals surface area contributed by atoms with Crippen LogP contribution in [-0.4, -0.2) is 43.3 Å². The molecule has 3 aromatic rings. The zero-order valence-electron chi connectivity index (χ0n) is 18.6. The monoisotopic (exact) mass is 497 g/mol. The summed E-state index contributed by atoms with van der Waals surface area (Å²) in [4.78, 5) is 13.3. The first-order chi connectivity index (χ1) is 15.9. The number of halogens is 3. The van der Waals surface area contributed by atoms with Crippen LogP contribution in [0.4, 0.5) is 13.2 Å². The van der Waals surface area contributed by atoms with Gasteiger partial charge in [-0.15, -0.1) is 0 Å². The third-order valence-electron chi connectivity index (χ3n) is 5.16. The second-order valence-corrected chi connectivity index (χ2v) is 9.73. The molecule has 0 N–H and O–H groups in total. The zero-order chi connectivity index (χ0) is 25.3. The highest BCUT2D eigenvalue weighted by Crippen LogP contribution is 2.35.